The first-order chi connectivity index (χ1) is 22.6. The van der Waals surface area contributed by atoms with E-state index >= 15 is 0 Å². The number of hydrogen-bond donors (Lipinski definition) is 2. The van der Waals surface area contributed by atoms with Crippen molar-refractivity contribution in [2.45, 2.75) is 43.8 Å². The summed E-state index contributed by atoms with van der Waals surface area (Å²) in [4.78, 5) is 38.9. The van der Waals surface area contributed by atoms with Gasteiger partial charge in [-0.1, -0.05) is 6.07 Å². The number of aromatic nitrogens is 2. The number of likely N-dealkylation sites (tertiary alicyclic amines) is 1. The fourth-order valence-corrected chi connectivity index (χ4v) is 6.80. The lowest BCUT2D eigenvalue weighted by Crippen LogP contribution is -2.47. The second-order valence-corrected chi connectivity index (χ2v) is 12.5. The number of carbonyl (C=O) groups excluding carboxylic acids is 1. The van der Waals surface area contributed by atoms with E-state index in [0.717, 1.165) is 37.6 Å². The highest BCUT2D eigenvalue weighted by molar-refractivity contribution is 6.05. The zero-order valence-electron chi connectivity index (χ0n) is 26.4. The van der Waals surface area contributed by atoms with Crippen molar-refractivity contribution in [2.75, 3.05) is 45.2 Å². The summed E-state index contributed by atoms with van der Waals surface area (Å²) in [5.74, 6) is -0.666. The van der Waals surface area contributed by atoms with E-state index in [-0.39, 0.29) is 29.2 Å². The number of piperidine rings is 2. The summed E-state index contributed by atoms with van der Waals surface area (Å²) in [6.45, 7) is 2.49. The number of anilines is 1. The van der Waals surface area contributed by atoms with Gasteiger partial charge in [0.15, 0.2) is 0 Å². The molecule has 4 aromatic rings. The van der Waals surface area contributed by atoms with Crippen LogP contribution in [0.1, 0.15) is 42.7 Å². The van der Waals surface area contributed by atoms with Gasteiger partial charge in [-0.15, -0.1) is 0 Å². The lowest BCUT2D eigenvalue weighted by molar-refractivity contribution is -0.137. The molecule has 246 valence electrons. The highest BCUT2D eigenvalue weighted by atomic mass is 19.4. The Bertz CT molecular complexity index is 1890. The molecule has 2 aromatic heterocycles. The summed E-state index contributed by atoms with van der Waals surface area (Å²) < 4.78 is 45.4. The summed E-state index contributed by atoms with van der Waals surface area (Å²) in [6.07, 6.45) is 2.50. The van der Waals surface area contributed by atoms with Gasteiger partial charge in [-0.2, -0.15) is 13.2 Å². The molecule has 0 spiro atoms. The van der Waals surface area contributed by atoms with Gasteiger partial charge in [0.05, 0.1) is 28.2 Å². The van der Waals surface area contributed by atoms with Crippen LogP contribution in [0.2, 0.25) is 0 Å². The van der Waals surface area contributed by atoms with Gasteiger partial charge in [-0.3, -0.25) is 24.1 Å². The first kappa shape index (κ1) is 32.4. The highest BCUT2D eigenvalue weighted by Crippen LogP contribution is 2.40. The zero-order chi connectivity index (χ0) is 33.3. The zero-order valence-corrected chi connectivity index (χ0v) is 26.4. The quantitative estimate of drug-likeness (QED) is 0.206. The van der Waals surface area contributed by atoms with Crippen molar-refractivity contribution in [3.8, 4) is 5.69 Å². The molecule has 1 unspecified atom stereocenters. The Morgan fingerprint density at radius 2 is 1.79 bits per heavy atom. The molecule has 1 atom stereocenters. The Kier molecular flexibility index (Phi) is 9.14. The number of aliphatic imine (C=N–C) groups is 1. The molecule has 12 heteroatoms. The fourth-order valence-electron chi connectivity index (χ4n) is 6.80. The molecule has 9 nitrogen and oxygen atoms in total. The summed E-state index contributed by atoms with van der Waals surface area (Å²) >= 11 is 0. The fraction of sp³-hybridized carbons (Fsp3) is 0.400. The van der Waals surface area contributed by atoms with Crippen LogP contribution >= 0.6 is 0 Å². The van der Waals surface area contributed by atoms with Crippen molar-refractivity contribution >= 4 is 45.8 Å². The molecule has 2 fully saturated rings. The van der Waals surface area contributed by atoms with E-state index in [1.165, 1.54) is 22.9 Å². The molecule has 4 heterocycles. The molecule has 6 rings (SSSR count). The number of alkyl halides is 3. The number of pyridine rings is 2. The van der Waals surface area contributed by atoms with Crippen LogP contribution in [0.4, 0.5) is 18.9 Å². The largest absolute Gasteiger partial charge is 0.418 e. The molecule has 1 amide bonds. The van der Waals surface area contributed by atoms with Gasteiger partial charge in [0, 0.05) is 73.2 Å². The van der Waals surface area contributed by atoms with E-state index < -0.39 is 23.2 Å². The Labute approximate surface area is 270 Å². The maximum Gasteiger partial charge on any atom is 0.418 e. The Balaban J connectivity index is 1.34. The second kappa shape index (κ2) is 13.3. The third-order valence-corrected chi connectivity index (χ3v) is 9.43. The average molecular weight is 646 g/mol. The van der Waals surface area contributed by atoms with Crippen LogP contribution in [0.25, 0.3) is 27.5 Å². The SMILES string of the molecule is CN=CC(C=N)c1ccc2ncc3ccc(=O)n(-c4ccc(N5CCC(C(=O)NC6CCN(C)CC6)CC5)c(C(F)(F)F)c4)c3c2c1. The van der Waals surface area contributed by atoms with Gasteiger partial charge in [0.2, 0.25) is 5.91 Å². The van der Waals surface area contributed by atoms with Gasteiger partial charge in [0.1, 0.15) is 0 Å². The number of benzene rings is 2. The topological polar surface area (TPSA) is 107 Å². The molecular weight excluding hydrogens is 607 g/mol. The second-order valence-electron chi connectivity index (χ2n) is 12.5. The predicted octanol–water partition coefficient (Wildman–Crippen LogP) is 5.42. The number of rotatable bonds is 7. The van der Waals surface area contributed by atoms with Crippen LogP contribution in [0.5, 0.6) is 0 Å². The number of halogens is 3. The number of carbonyl (C=O) groups is 1. The molecular formula is C35H38F3N7O2. The van der Waals surface area contributed by atoms with Crippen molar-refractivity contribution in [2.24, 2.45) is 10.9 Å². The Morgan fingerprint density at radius 3 is 2.47 bits per heavy atom. The van der Waals surface area contributed by atoms with Crippen molar-refractivity contribution in [3.63, 3.8) is 0 Å². The van der Waals surface area contributed by atoms with Gasteiger partial charge in [0.25, 0.3) is 5.56 Å². The third-order valence-electron chi connectivity index (χ3n) is 9.43. The van der Waals surface area contributed by atoms with E-state index in [4.69, 9.17) is 5.41 Å². The number of fused-ring (bicyclic) bond motifs is 3. The maximum absolute atomic E-state index is 14.7. The van der Waals surface area contributed by atoms with Crippen molar-refractivity contribution in [1.29, 1.82) is 5.41 Å². The van der Waals surface area contributed by atoms with Crippen LogP contribution in [0.3, 0.4) is 0 Å². The van der Waals surface area contributed by atoms with Crippen LogP contribution in [-0.2, 0) is 11.0 Å². The molecule has 2 aliphatic heterocycles. The summed E-state index contributed by atoms with van der Waals surface area (Å²) in [5, 5.41) is 12.2. The molecule has 2 aliphatic rings. The van der Waals surface area contributed by atoms with Gasteiger partial charge in [-0.25, -0.2) is 0 Å². The van der Waals surface area contributed by atoms with Crippen molar-refractivity contribution in [1.82, 2.24) is 19.8 Å². The standard InChI is InChI=1S/C35H38F3N7O2/c1-40-20-25(19-39)23-3-6-30-28(17-23)33-24(21-41-30)4-8-32(46)45(33)27-5-7-31(29(18-27)35(36,37)38)44-15-9-22(10-16-44)34(47)42-26-11-13-43(2)14-12-26/h3-8,17-22,25-26,39H,9-16H2,1-2H3,(H,42,47). The van der Waals surface area contributed by atoms with Crippen LogP contribution in [0, 0.1) is 11.3 Å². The van der Waals surface area contributed by atoms with E-state index in [1.807, 2.05) is 12.1 Å². The smallest absolute Gasteiger partial charge is 0.371 e. The summed E-state index contributed by atoms with van der Waals surface area (Å²) in [6, 6.07) is 12.5. The Morgan fingerprint density at radius 1 is 1.04 bits per heavy atom. The molecule has 0 radical (unpaired) electrons. The van der Waals surface area contributed by atoms with Crippen molar-refractivity contribution < 1.29 is 18.0 Å². The van der Waals surface area contributed by atoms with E-state index in [0.29, 0.717) is 47.7 Å². The lowest BCUT2D eigenvalue weighted by Gasteiger charge is -2.36. The number of nitrogens with zero attached hydrogens (tertiary/aromatic N) is 5. The monoisotopic (exact) mass is 645 g/mol. The first-order valence-corrected chi connectivity index (χ1v) is 15.9. The highest BCUT2D eigenvalue weighted by Gasteiger charge is 2.37. The van der Waals surface area contributed by atoms with E-state index in [1.54, 1.807) is 42.6 Å². The van der Waals surface area contributed by atoms with Gasteiger partial charge >= 0.3 is 6.18 Å². The minimum Gasteiger partial charge on any atom is -0.371 e. The minimum absolute atomic E-state index is 0.0142. The van der Waals surface area contributed by atoms with Crippen molar-refractivity contribution in [3.05, 3.63) is 76.2 Å². The molecule has 47 heavy (non-hydrogen) atoms. The Hall–Kier alpha value is -4.58. The third kappa shape index (κ3) is 6.64. The van der Waals surface area contributed by atoms with Crippen LogP contribution in [-0.4, -0.2) is 79.1 Å². The normalized spacial score (nSPS) is 17.9. The predicted molar refractivity (Wildman–Crippen MR) is 179 cm³/mol. The van der Waals surface area contributed by atoms with Crippen LogP contribution < -0.4 is 15.8 Å². The molecule has 2 aromatic carbocycles. The van der Waals surface area contributed by atoms with Crippen LogP contribution in [0.15, 0.2) is 64.5 Å². The van der Waals surface area contributed by atoms with Gasteiger partial charge in [-0.05, 0) is 87.8 Å². The molecule has 0 saturated carbocycles. The summed E-state index contributed by atoms with van der Waals surface area (Å²) in [5.41, 5.74) is 0.532. The minimum atomic E-state index is -4.69. The molecule has 0 bridgehead atoms. The van der Waals surface area contributed by atoms with E-state index in [2.05, 4.69) is 27.2 Å². The maximum atomic E-state index is 14.7. The number of hydrogen-bond acceptors (Lipinski definition) is 7. The summed E-state index contributed by atoms with van der Waals surface area (Å²) in [7, 11) is 3.67. The first-order valence-electron chi connectivity index (χ1n) is 15.9. The number of amides is 1. The molecule has 2 N–H and O–H groups in total. The number of nitrogens with one attached hydrogen (secondary N) is 2. The van der Waals surface area contributed by atoms with E-state index in [9.17, 15) is 22.8 Å². The molecule has 0 aliphatic carbocycles. The lowest BCUT2D eigenvalue weighted by atomic mass is 9.93. The average Bonchev–Trinajstić information content (AvgIpc) is 3.07. The molecule has 2 saturated heterocycles. The van der Waals surface area contributed by atoms with Gasteiger partial charge < -0.3 is 20.5 Å².